The molecule has 1 saturated heterocycles. The van der Waals surface area contributed by atoms with Gasteiger partial charge in [0.25, 0.3) is 5.91 Å². The first-order chi connectivity index (χ1) is 9.40. The normalized spacial score (nSPS) is 16.2. The van der Waals surface area contributed by atoms with Gasteiger partial charge in [-0.1, -0.05) is 11.6 Å². The minimum Gasteiger partial charge on any atom is -0.481 e. The first-order valence-corrected chi connectivity index (χ1v) is 6.75. The number of hydrogen-bond acceptors (Lipinski definition) is 2. The Labute approximate surface area is 121 Å². The van der Waals surface area contributed by atoms with E-state index in [4.69, 9.17) is 16.7 Å². The third kappa shape index (κ3) is 2.93. The molecule has 1 fully saturated rings. The number of halogens is 2. The highest BCUT2D eigenvalue weighted by Crippen LogP contribution is 2.24. The number of rotatable bonds is 2. The summed E-state index contributed by atoms with van der Waals surface area (Å²) < 4.78 is 13.3. The molecule has 0 aromatic heterocycles. The number of benzene rings is 1. The van der Waals surface area contributed by atoms with Crippen LogP contribution < -0.4 is 0 Å². The Kier molecular flexibility index (Phi) is 4.28. The molecule has 0 unspecified atom stereocenters. The molecule has 1 N–H and O–H groups in total. The third-order valence-corrected chi connectivity index (χ3v) is 3.92. The molecule has 1 heterocycles. The molecule has 0 atom stereocenters. The minimum atomic E-state index is -0.826. The van der Waals surface area contributed by atoms with E-state index >= 15 is 0 Å². The van der Waals surface area contributed by atoms with Crippen LogP contribution in [0.2, 0.25) is 5.02 Å². The van der Waals surface area contributed by atoms with Crippen molar-refractivity contribution < 1.29 is 19.1 Å². The monoisotopic (exact) mass is 299 g/mol. The molecule has 0 radical (unpaired) electrons. The van der Waals surface area contributed by atoms with Gasteiger partial charge in [-0.2, -0.15) is 0 Å². The number of likely N-dealkylation sites (tertiary alicyclic amines) is 1. The number of nitrogens with zero attached hydrogens (tertiary/aromatic N) is 1. The van der Waals surface area contributed by atoms with E-state index in [1.54, 1.807) is 11.8 Å². The van der Waals surface area contributed by atoms with Crippen LogP contribution in [-0.2, 0) is 4.79 Å². The van der Waals surface area contributed by atoms with Gasteiger partial charge in [-0.15, -0.1) is 0 Å². The second-order valence-electron chi connectivity index (χ2n) is 4.99. The van der Waals surface area contributed by atoms with Gasteiger partial charge in [0, 0.05) is 13.1 Å². The van der Waals surface area contributed by atoms with E-state index in [2.05, 4.69) is 0 Å². The Morgan fingerprint density at radius 3 is 2.50 bits per heavy atom. The van der Waals surface area contributed by atoms with Gasteiger partial charge in [0.2, 0.25) is 0 Å². The molecule has 4 nitrogen and oxygen atoms in total. The van der Waals surface area contributed by atoms with Crippen LogP contribution in [0.3, 0.4) is 0 Å². The van der Waals surface area contributed by atoms with Crippen molar-refractivity contribution in [1.29, 1.82) is 0 Å². The number of carbonyl (C=O) groups excluding carboxylic acids is 1. The molecule has 6 heteroatoms. The Hall–Kier alpha value is -1.62. The quantitative estimate of drug-likeness (QED) is 0.913. The van der Waals surface area contributed by atoms with Crippen LogP contribution in [0.1, 0.15) is 28.8 Å². The summed E-state index contributed by atoms with van der Waals surface area (Å²) in [6.07, 6.45) is 0.859. The van der Waals surface area contributed by atoms with Crippen molar-refractivity contribution in [2.24, 2.45) is 5.92 Å². The van der Waals surface area contributed by atoms with Gasteiger partial charge in [0.15, 0.2) is 0 Å². The number of hydrogen-bond donors (Lipinski definition) is 1. The van der Waals surface area contributed by atoms with E-state index in [9.17, 15) is 14.0 Å². The van der Waals surface area contributed by atoms with E-state index in [-0.39, 0.29) is 16.5 Å². The lowest BCUT2D eigenvalue weighted by atomic mass is 9.96. The van der Waals surface area contributed by atoms with Gasteiger partial charge in [-0.05, 0) is 37.5 Å². The number of carbonyl (C=O) groups is 2. The van der Waals surface area contributed by atoms with E-state index in [0.717, 1.165) is 6.07 Å². The van der Waals surface area contributed by atoms with E-state index in [1.165, 1.54) is 6.07 Å². The number of aryl methyl sites for hydroxylation is 1. The number of aliphatic carboxylic acids is 1. The second-order valence-corrected chi connectivity index (χ2v) is 5.39. The van der Waals surface area contributed by atoms with Crippen molar-refractivity contribution in [3.05, 3.63) is 34.1 Å². The van der Waals surface area contributed by atoms with Crippen LogP contribution in [-0.4, -0.2) is 35.0 Å². The van der Waals surface area contributed by atoms with Crippen LogP contribution in [0.5, 0.6) is 0 Å². The fourth-order valence-corrected chi connectivity index (χ4v) is 2.55. The first-order valence-electron chi connectivity index (χ1n) is 6.38. The molecular weight excluding hydrogens is 285 g/mol. The molecule has 0 saturated carbocycles. The summed E-state index contributed by atoms with van der Waals surface area (Å²) in [6.45, 7) is 2.32. The number of carboxylic acid groups (broad SMARTS) is 1. The van der Waals surface area contributed by atoms with Crippen molar-refractivity contribution in [2.45, 2.75) is 19.8 Å². The average molecular weight is 300 g/mol. The van der Waals surface area contributed by atoms with Crippen molar-refractivity contribution in [2.75, 3.05) is 13.1 Å². The zero-order valence-corrected chi connectivity index (χ0v) is 11.8. The molecule has 1 aliphatic heterocycles. The fraction of sp³-hybridized carbons (Fsp3) is 0.429. The highest BCUT2D eigenvalue weighted by molar-refractivity contribution is 6.33. The maximum absolute atomic E-state index is 13.3. The summed E-state index contributed by atoms with van der Waals surface area (Å²) in [5.41, 5.74) is 0.623. The Balaban J connectivity index is 2.13. The minimum absolute atomic E-state index is 0.0819. The maximum atomic E-state index is 13.3. The third-order valence-electron chi connectivity index (χ3n) is 3.61. The van der Waals surface area contributed by atoms with Gasteiger partial charge in [0.05, 0.1) is 16.5 Å². The summed E-state index contributed by atoms with van der Waals surface area (Å²) in [5.74, 6) is -1.95. The van der Waals surface area contributed by atoms with Gasteiger partial charge in [0.1, 0.15) is 5.82 Å². The molecule has 1 aromatic carbocycles. The standard InChI is InChI=1S/C14H15ClFNO3/c1-8-6-10(11(15)7-12(8)16)13(18)17-4-2-9(3-5-17)14(19)20/h6-7,9H,2-5H2,1H3,(H,19,20). The molecule has 108 valence electrons. The summed E-state index contributed by atoms with van der Waals surface area (Å²) >= 11 is 5.91. The van der Waals surface area contributed by atoms with Gasteiger partial charge in [-0.3, -0.25) is 9.59 Å². The Morgan fingerprint density at radius 2 is 1.95 bits per heavy atom. The van der Waals surface area contributed by atoms with Crippen molar-refractivity contribution in [3.8, 4) is 0 Å². The fourth-order valence-electron chi connectivity index (χ4n) is 2.32. The molecule has 20 heavy (non-hydrogen) atoms. The lowest BCUT2D eigenvalue weighted by molar-refractivity contribution is -0.143. The highest BCUT2D eigenvalue weighted by atomic mass is 35.5. The summed E-state index contributed by atoms with van der Waals surface area (Å²) in [7, 11) is 0. The summed E-state index contributed by atoms with van der Waals surface area (Å²) in [4.78, 5) is 24.8. The van der Waals surface area contributed by atoms with Crippen molar-refractivity contribution in [1.82, 2.24) is 4.90 Å². The van der Waals surface area contributed by atoms with Crippen LogP contribution in [0.4, 0.5) is 4.39 Å². The molecule has 0 bridgehead atoms. The van der Waals surface area contributed by atoms with Crippen LogP contribution >= 0.6 is 11.6 Å². The second kappa shape index (κ2) is 5.79. The Morgan fingerprint density at radius 1 is 1.35 bits per heavy atom. The van der Waals surface area contributed by atoms with Crippen LogP contribution in [0.25, 0.3) is 0 Å². The molecule has 1 aliphatic rings. The van der Waals surface area contributed by atoms with Gasteiger partial charge in [-0.25, -0.2) is 4.39 Å². The first kappa shape index (κ1) is 14.8. The molecular formula is C14H15ClFNO3. The molecule has 1 amide bonds. The van der Waals surface area contributed by atoms with Crippen LogP contribution in [0.15, 0.2) is 12.1 Å². The molecule has 0 spiro atoms. The van der Waals surface area contributed by atoms with E-state index < -0.39 is 17.7 Å². The predicted molar refractivity (Wildman–Crippen MR) is 72.4 cm³/mol. The SMILES string of the molecule is Cc1cc(C(=O)N2CCC(C(=O)O)CC2)c(Cl)cc1F. The topological polar surface area (TPSA) is 57.6 Å². The molecule has 0 aliphatic carbocycles. The predicted octanol–water partition coefficient (Wildman–Crippen LogP) is 2.72. The van der Waals surface area contributed by atoms with E-state index in [1.807, 2.05) is 0 Å². The largest absolute Gasteiger partial charge is 0.481 e. The maximum Gasteiger partial charge on any atom is 0.306 e. The molecule has 1 aromatic rings. The number of amides is 1. The zero-order valence-electron chi connectivity index (χ0n) is 11.0. The number of carboxylic acids is 1. The highest BCUT2D eigenvalue weighted by Gasteiger charge is 2.28. The van der Waals surface area contributed by atoms with Gasteiger partial charge >= 0.3 is 5.97 Å². The lowest BCUT2D eigenvalue weighted by Gasteiger charge is -2.30. The lowest BCUT2D eigenvalue weighted by Crippen LogP contribution is -2.40. The zero-order chi connectivity index (χ0) is 14.9. The average Bonchev–Trinajstić information content (AvgIpc) is 2.42. The summed E-state index contributed by atoms with van der Waals surface area (Å²) in [6, 6.07) is 2.57. The summed E-state index contributed by atoms with van der Waals surface area (Å²) in [5, 5.41) is 9.01. The Bertz CT molecular complexity index is 554. The smallest absolute Gasteiger partial charge is 0.306 e. The number of piperidine rings is 1. The van der Waals surface area contributed by atoms with E-state index in [0.29, 0.717) is 31.5 Å². The van der Waals surface area contributed by atoms with Crippen molar-refractivity contribution >= 4 is 23.5 Å². The van der Waals surface area contributed by atoms with Crippen molar-refractivity contribution in [3.63, 3.8) is 0 Å². The van der Waals surface area contributed by atoms with Crippen LogP contribution in [0, 0.1) is 18.7 Å². The van der Waals surface area contributed by atoms with Gasteiger partial charge < -0.3 is 10.0 Å². The molecule has 2 rings (SSSR count).